The molecule has 0 aromatic heterocycles. The Balaban J connectivity index is 2.30. The first-order chi connectivity index (χ1) is 6.15. The molecular formula is C11H20N2. The zero-order valence-corrected chi connectivity index (χ0v) is 8.69. The lowest BCUT2D eigenvalue weighted by Crippen LogP contribution is -2.25. The average molecular weight is 180 g/mol. The SMILES string of the molecule is CCC(C)C(=N)CC(=N)C1CCC1. The zero-order chi connectivity index (χ0) is 9.84. The molecule has 74 valence electrons. The standard InChI is InChI=1S/C11H20N2/c1-3-8(2)10(12)7-11(13)9-5-4-6-9/h8-9,12-13H,3-7H2,1-2H3. The number of nitrogens with one attached hydrogen (secondary N) is 2. The fourth-order valence-electron chi connectivity index (χ4n) is 1.53. The molecule has 2 nitrogen and oxygen atoms in total. The molecule has 0 spiro atoms. The van der Waals surface area contributed by atoms with Gasteiger partial charge in [-0.2, -0.15) is 0 Å². The van der Waals surface area contributed by atoms with Gasteiger partial charge in [-0.1, -0.05) is 20.3 Å². The topological polar surface area (TPSA) is 47.7 Å². The second kappa shape index (κ2) is 4.54. The van der Waals surface area contributed by atoms with E-state index in [2.05, 4.69) is 13.8 Å². The summed E-state index contributed by atoms with van der Waals surface area (Å²) >= 11 is 0. The lowest BCUT2D eigenvalue weighted by atomic mass is 9.79. The largest absolute Gasteiger partial charge is 0.309 e. The highest BCUT2D eigenvalue weighted by atomic mass is 14.5. The summed E-state index contributed by atoms with van der Waals surface area (Å²) in [6.45, 7) is 4.18. The molecule has 1 aliphatic rings. The summed E-state index contributed by atoms with van der Waals surface area (Å²) in [4.78, 5) is 0. The van der Waals surface area contributed by atoms with Gasteiger partial charge in [-0.05, 0) is 31.1 Å². The second-order valence-corrected chi connectivity index (χ2v) is 4.16. The van der Waals surface area contributed by atoms with Gasteiger partial charge in [0, 0.05) is 17.8 Å². The van der Waals surface area contributed by atoms with Crippen LogP contribution in [0, 0.1) is 22.7 Å². The lowest BCUT2D eigenvalue weighted by molar-refractivity contribution is 0.409. The predicted molar refractivity (Wildman–Crippen MR) is 56.9 cm³/mol. The van der Waals surface area contributed by atoms with E-state index in [0.29, 0.717) is 18.3 Å². The normalized spacial score (nSPS) is 19.2. The molecule has 0 saturated heterocycles. The van der Waals surface area contributed by atoms with E-state index in [1.807, 2.05) is 0 Å². The molecule has 13 heavy (non-hydrogen) atoms. The van der Waals surface area contributed by atoms with Crippen molar-refractivity contribution in [2.75, 3.05) is 0 Å². The maximum absolute atomic E-state index is 7.80. The molecule has 1 saturated carbocycles. The van der Waals surface area contributed by atoms with Gasteiger partial charge in [0.25, 0.3) is 0 Å². The average Bonchev–Trinajstić information content (AvgIpc) is 1.99. The first-order valence-electron chi connectivity index (χ1n) is 5.29. The Morgan fingerprint density at radius 2 is 2.00 bits per heavy atom. The van der Waals surface area contributed by atoms with Crippen LogP contribution < -0.4 is 0 Å². The van der Waals surface area contributed by atoms with Crippen molar-refractivity contribution in [3.05, 3.63) is 0 Å². The van der Waals surface area contributed by atoms with Crippen molar-refractivity contribution in [2.24, 2.45) is 11.8 Å². The molecule has 0 amide bonds. The van der Waals surface area contributed by atoms with Crippen LogP contribution >= 0.6 is 0 Å². The monoisotopic (exact) mass is 180 g/mol. The molecule has 1 aliphatic carbocycles. The van der Waals surface area contributed by atoms with E-state index in [1.165, 1.54) is 19.3 Å². The Hall–Kier alpha value is -0.660. The first kappa shape index (κ1) is 10.4. The third kappa shape index (κ3) is 2.64. The highest BCUT2D eigenvalue weighted by molar-refractivity contribution is 6.03. The summed E-state index contributed by atoms with van der Waals surface area (Å²) in [6.07, 6.45) is 5.30. The van der Waals surface area contributed by atoms with Crippen molar-refractivity contribution in [3.8, 4) is 0 Å². The summed E-state index contributed by atoms with van der Waals surface area (Å²) < 4.78 is 0. The number of hydrogen-bond donors (Lipinski definition) is 2. The molecule has 1 atom stereocenters. The lowest BCUT2D eigenvalue weighted by Gasteiger charge is -2.26. The van der Waals surface area contributed by atoms with Gasteiger partial charge in [0.05, 0.1) is 0 Å². The van der Waals surface area contributed by atoms with Crippen LogP contribution in [0.2, 0.25) is 0 Å². The van der Waals surface area contributed by atoms with Crippen LogP contribution in [0.5, 0.6) is 0 Å². The first-order valence-corrected chi connectivity index (χ1v) is 5.29. The van der Waals surface area contributed by atoms with Gasteiger partial charge in [-0.3, -0.25) is 0 Å². The van der Waals surface area contributed by atoms with Crippen molar-refractivity contribution in [3.63, 3.8) is 0 Å². The fraction of sp³-hybridized carbons (Fsp3) is 0.818. The summed E-state index contributed by atoms with van der Waals surface area (Å²) in [7, 11) is 0. The van der Waals surface area contributed by atoms with E-state index in [0.717, 1.165) is 17.8 Å². The van der Waals surface area contributed by atoms with Gasteiger partial charge in [-0.25, -0.2) is 0 Å². The minimum atomic E-state index is 0.362. The summed E-state index contributed by atoms with van der Waals surface area (Å²) in [5.41, 5.74) is 1.55. The molecule has 0 aromatic carbocycles. The van der Waals surface area contributed by atoms with Crippen molar-refractivity contribution < 1.29 is 0 Å². The van der Waals surface area contributed by atoms with Gasteiger partial charge >= 0.3 is 0 Å². The van der Waals surface area contributed by atoms with Crippen LogP contribution in [0.4, 0.5) is 0 Å². The summed E-state index contributed by atoms with van der Waals surface area (Å²) in [5, 5.41) is 15.6. The highest BCUT2D eigenvalue weighted by Crippen LogP contribution is 2.28. The Morgan fingerprint density at radius 3 is 2.38 bits per heavy atom. The molecule has 2 N–H and O–H groups in total. The maximum Gasteiger partial charge on any atom is 0.0235 e. The Kier molecular flexibility index (Phi) is 3.64. The highest BCUT2D eigenvalue weighted by Gasteiger charge is 2.23. The van der Waals surface area contributed by atoms with Crippen LogP contribution in [0.1, 0.15) is 46.0 Å². The fourth-order valence-corrected chi connectivity index (χ4v) is 1.53. The molecular weight excluding hydrogens is 160 g/mol. The van der Waals surface area contributed by atoms with Crippen LogP contribution in [0.15, 0.2) is 0 Å². The van der Waals surface area contributed by atoms with E-state index < -0.39 is 0 Å². The van der Waals surface area contributed by atoms with E-state index in [9.17, 15) is 0 Å². The van der Waals surface area contributed by atoms with Gasteiger partial charge in [0.1, 0.15) is 0 Å². The Labute approximate surface area is 80.8 Å². The molecule has 0 bridgehead atoms. The van der Waals surface area contributed by atoms with Gasteiger partial charge in [0.15, 0.2) is 0 Å². The van der Waals surface area contributed by atoms with E-state index in [1.54, 1.807) is 0 Å². The van der Waals surface area contributed by atoms with E-state index >= 15 is 0 Å². The molecule has 0 radical (unpaired) electrons. The van der Waals surface area contributed by atoms with Crippen LogP contribution in [-0.4, -0.2) is 11.4 Å². The second-order valence-electron chi connectivity index (χ2n) is 4.16. The van der Waals surface area contributed by atoms with Crippen molar-refractivity contribution in [1.82, 2.24) is 0 Å². The molecule has 0 aromatic rings. The van der Waals surface area contributed by atoms with Crippen molar-refractivity contribution >= 4 is 11.4 Å². The van der Waals surface area contributed by atoms with E-state index in [-0.39, 0.29) is 0 Å². The van der Waals surface area contributed by atoms with Crippen LogP contribution in [-0.2, 0) is 0 Å². The Morgan fingerprint density at radius 1 is 1.38 bits per heavy atom. The number of rotatable bonds is 5. The van der Waals surface area contributed by atoms with Crippen LogP contribution in [0.25, 0.3) is 0 Å². The van der Waals surface area contributed by atoms with E-state index in [4.69, 9.17) is 10.8 Å². The van der Waals surface area contributed by atoms with Crippen molar-refractivity contribution in [2.45, 2.75) is 46.0 Å². The molecule has 0 heterocycles. The number of hydrogen-bond acceptors (Lipinski definition) is 2. The van der Waals surface area contributed by atoms with Gasteiger partial charge < -0.3 is 10.8 Å². The zero-order valence-electron chi connectivity index (χ0n) is 8.69. The third-order valence-electron chi connectivity index (χ3n) is 3.19. The molecule has 2 heteroatoms. The quantitative estimate of drug-likeness (QED) is 0.610. The van der Waals surface area contributed by atoms with Gasteiger partial charge in [-0.15, -0.1) is 0 Å². The molecule has 1 rings (SSSR count). The molecule has 1 unspecified atom stereocenters. The molecule has 0 aliphatic heterocycles. The smallest absolute Gasteiger partial charge is 0.0235 e. The summed E-state index contributed by atoms with van der Waals surface area (Å²) in [6, 6.07) is 0. The van der Waals surface area contributed by atoms with Crippen molar-refractivity contribution in [1.29, 1.82) is 10.8 Å². The minimum Gasteiger partial charge on any atom is -0.309 e. The maximum atomic E-state index is 7.80. The van der Waals surface area contributed by atoms with Gasteiger partial charge in [0.2, 0.25) is 0 Å². The summed E-state index contributed by atoms with van der Waals surface area (Å²) in [5.74, 6) is 0.879. The predicted octanol–water partition coefficient (Wildman–Crippen LogP) is 3.26. The third-order valence-corrected chi connectivity index (χ3v) is 3.19. The minimum absolute atomic E-state index is 0.362. The Bertz CT molecular complexity index is 189. The molecule has 1 fully saturated rings. The van der Waals surface area contributed by atoms with Crippen LogP contribution in [0.3, 0.4) is 0 Å².